The van der Waals surface area contributed by atoms with Crippen LogP contribution in [0.4, 0.5) is 4.39 Å². The van der Waals surface area contributed by atoms with Gasteiger partial charge in [-0.25, -0.2) is 4.39 Å². The van der Waals surface area contributed by atoms with Crippen molar-refractivity contribution in [3.63, 3.8) is 0 Å². The van der Waals surface area contributed by atoms with E-state index in [2.05, 4.69) is 10.6 Å². The van der Waals surface area contributed by atoms with Crippen molar-refractivity contribution >= 4 is 5.91 Å². The van der Waals surface area contributed by atoms with E-state index in [1.165, 1.54) is 6.07 Å². The van der Waals surface area contributed by atoms with Crippen molar-refractivity contribution in [2.24, 2.45) is 0 Å². The molecule has 2 unspecified atom stereocenters. The third kappa shape index (κ3) is 4.02. The van der Waals surface area contributed by atoms with Gasteiger partial charge in [-0.3, -0.25) is 4.79 Å². The van der Waals surface area contributed by atoms with Gasteiger partial charge in [0.15, 0.2) is 0 Å². The van der Waals surface area contributed by atoms with Gasteiger partial charge in [-0.05, 0) is 31.0 Å². The molecule has 1 aromatic carbocycles. The number of benzene rings is 1. The number of ether oxygens (including phenoxy) is 1. The summed E-state index contributed by atoms with van der Waals surface area (Å²) >= 11 is 0. The Morgan fingerprint density at radius 2 is 2.40 bits per heavy atom. The summed E-state index contributed by atoms with van der Waals surface area (Å²) in [6.45, 7) is 5.60. The number of morpholine rings is 1. The van der Waals surface area contributed by atoms with Crippen LogP contribution in [0.15, 0.2) is 18.2 Å². The Morgan fingerprint density at radius 3 is 3.05 bits per heavy atom. The topological polar surface area (TPSA) is 50.4 Å². The lowest BCUT2D eigenvalue weighted by Crippen LogP contribution is -2.44. The maximum absolute atomic E-state index is 13.5. The fraction of sp³-hybridized carbons (Fsp3) is 0.533. The normalized spacial score (nSPS) is 20.4. The summed E-state index contributed by atoms with van der Waals surface area (Å²) in [5, 5.41) is 6.12. The van der Waals surface area contributed by atoms with Crippen LogP contribution in [0.1, 0.15) is 30.5 Å². The molecule has 0 spiro atoms. The predicted octanol–water partition coefficient (Wildman–Crippen LogP) is 1.69. The van der Waals surface area contributed by atoms with Gasteiger partial charge >= 0.3 is 0 Å². The Bertz CT molecular complexity index is 473. The molecule has 2 N–H and O–H groups in total. The SMILES string of the molecule is Cc1ccc(C(C)NC(=O)CC2COCCN2)cc1F. The highest BCUT2D eigenvalue weighted by molar-refractivity contribution is 5.77. The lowest BCUT2D eigenvalue weighted by atomic mass is 10.1. The lowest BCUT2D eigenvalue weighted by Gasteiger charge is -2.24. The molecule has 0 aromatic heterocycles. The highest BCUT2D eigenvalue weighted by Gasteiger charge is 2.18. The molecule has 1 aromatic rings. The first kappa shape index (κ1) is 14.9. The Kier molecular flexibility index (Phi) is 5.09. The van der Waals surface area contributed by atoms with Gasteiger partial charge in [-0.1, -0.05) is 12.1 Å². The van der Waals surface area contributed by atoms with Crippen molar-refractivity contribution in [2.45, 2.75) is 32.4 Å². The number of hydrogen-bond acceptors (Lipinski definition) is 3. The number of aryl methyl sites for hydroxylation is 1. The van der Waals surface area contributed by atoms with Crippen LogP contribution in [-0.2, 0) is 9.53 Å². The van der Waals surface area contributed by atoms with Gasteiger partial charge in [-0.2, -0.15) is 0 Å². The third-order valence-electron chi connectivity index (χ3n) is 3.50. The second-order valence-electron chi connectivity index (χ2n) is 5.23. The maximum Gasteiger partial charge on any atom is 0.222 e. The summed E-state index contributed by atoms with van der Waals surface area (Å²) in [7, 11) is 0. The average molecular weight is 280 g/mol. The zero-order valence-electron chi connectivity index (χ0n) is 11.9. The Balaban J connectivity index is 1.87. The fourth-order valence-corrected chi connectivity index (χ4v) is 2.24. The number of hydrogen-bond donors (Lipinski definition) is 2. The van der Waals surface area contributed by atoms with Crippen LogP contribution in [0.2, 0.25) is 0 Å². The van der Waals surface area contributed by atoms with Gasteiger partial charge < -0.3 is 15.4 Å². The molecule has 110 valence electrons. The molecule has 1 amide bonds. The summed E-state index contributed by atoms with van der Waals surface area (Å²) in [4.78, 5) is 11.9. The molecule has 2 rings (SSSR count). The summed E-state index contributed by atoms with van der Waals surface area (Å²) in [6, 6.07) is 4.89. The highest BCUT2D eigenvalue weighted by Crippen LogP contribution is 2.16. The van der Waals surface area contributed by atoms with Crippen LogP contribution >= 0.6 is 0 Å². The van der Waals surface area contributed by atoms with Crippen LogP contribution in [0.5, 0.6) is 0 Å². The molecule has 2 atom stereocenters. The monoisotopic (exact) mass is 280 g/mol. The molecule has 1 aliphatic rings. The molecule has 0 bridgehead atoms. The van der Waals surface area contributed by atoms with Crippen LogP contribution in [-0.4, -0.2) is 31.7 Å². The van der Waals surface area contributed by atoms with Gasteiger partial charge in [0.25, 0.3) is 0 Å². The van der Waals surface area contributed by atoms with Gasteiger partial charge in [0.2, 0.25) is 5.91 Å². The van der Waals surface area contributed by atoms with E-state index >= 15 is 0 Å². The van der Waals surface area contributed by atoms with Crippen molar-refractivity contribution < 1.29 is 13.9 Å². The molecular weight excluding hydrogens is 259 g/mol. The molecule has 20 heavy (non-hydrogen) atoms. The Labute approximate surface area is 118 Å². The number of rotatable bonds is 4. The Morgan fingerprint density at radius 1 is 1.60 bits per heavy atom. The molecule has 1 fully saturated rings. The predicted molar refractivity (Wildman–Crippen MR) is 74.9 cm³/mol. The molecule has 1 saturated heterocycles. The quantitative estimate of drug-likeness (QED) is 0.882. The molecule has 5 heteroatoms. The molecule has 0 saturated carbocycles. The minimum absolute atomic E-state index is 0.0542. The van der Waals surface area contributed by atoms with Crippen molar-refractivity contribution in [2.75, 3.05) is 19.8 Å². The van der Waals surface area contributed by atoms with E-state index in [-0.39, 0.29) is 23.8 Å². The lowest BCUT2D eigenvalue weighted by molar-refractivity contribution is -0.122. The van der Waals surface area contributed by atoms with E-state index in [9.17, 15) is 9.18 Å². The Hall–Kier alpha value is -1.46. The maximum atomic E-state index is 13.5. The molecule has 0 aliphatic carbocycles. The van der Waals surface area contributed by atoms with Crippen LogP contribution in [0, 0.1) is 12.7 Å². The van der Waals surface area contributed by atoms with Crippen molar-refractivity contribution in [1.29, 1.82) is 0 Å². The first-order chi connectivity index (χ1) is 9.56. The first-order valence-electron chi connectivity index (χ1n) is 6.93. The van der Waals surface area contributed by atoms with E-state index in [1.807, 2.05) is 13.0 Å². The summed E-state index contributed by atoms with van der Waals surface area (Å²) in [5.74, 6) is -0.299. The van der Waals surface area contributed by atoms with E-state index in [1.54, 1.807) is 13.0 Å². The zero-order chi connectivity index (χ0) is 14.5. The van der Waals surface area contributed by atoms with E-state index in [0.717, 1.165) is 12.1 Å². The molecule has 4 nitrogen and oxygen atoms in total. The van der Waals surface area contributed by atoms with E-state index < -0.39 is 0 Å². The second kappa shape index (κ2) is 6.81. The number of amides is 1. The van der Waals surface area contributed by atoms with Gasteiger partial charge in [0, 0.05) is 19.0 Å². The van der Waals surface area contributed by atoms with Gasteiger partial charge in [-0.15, -0.1) is 0 Å². The summed E-state index contributed by atoms with van der Waals surface area (Å²) in [5.41, 5.74) is 1.38. The summed E-state index contributed by atoms with van der Waals surface area (Å²) in [6.07, 6.45) is 0.374. The molecule has 1 aliphatic heterocycles. The first-order valence-corrected chi connectivity index (χ1v) is 6.93. The molecular formula is C15H21FN2O2. The summed E-state index contributed by atoms with van der Waals surface area (Å²) < 4.78 is 18.8. The average Bonchev–Trinajstić information content (AvgIpc) is 2.42. The van der Waals surface area contributed by atoms with Gasteiger partial charge in [0.05, 0.1) is 19.3 Å². The minimum atomic E-state index is -0.244. The minimum Gasteiger partial charge on any atom is -0.378 e. The number of carbonyl (C=O) groups excluding carboxylic acids is 1. The van der Waals surface area contributed by atoms with E-state index in [0.29, 0.717) is 25.2 Å². The standard InChI is InChI=1S/C15H21FN2O2/c1-10-3-4-12(7-14(10)16)11(2)18-15(19)8-13-9-20-6-5-17-13/h3-4,7,11,13,17H,5-6,8-9H2,1-2H3,(H,18,19). The van der Waals surface area contributed by atoms with Crippen molar-refractivity contribution in [1.82, 2.24) is 10.6 Å². The zero-order valence-corrected chi connectivity index (χ0v) is 11.9. The highest BCUT2D eigenvalue weighted by atomic mass is 19.1. The molecule has 1 heterocycles. The number of nitrogens with one attached hydrogen (secondary N) is 2. The van der Waals surface area contributed by atoms with E-state index in [4.69, 9.17) is 4.74 Å². The van der Waals surface area contributed by atoms with Crippen LogP contribution < -0.4 is 10.6 Å². The van der Waals surface area contributed by atoms with Crippen molar-refractivity contribution in [3.05, 3.63) is 35.1 Å². The third-order valence-corrected chi connectivity index (χ3v) is 3.50. The number of halogens is 1. The molecule has 0 radical (unpaired) electrons. The van der Waals surface area contributed by atoms with Crippen molar-refractivity contribution in [3.8, 4) is 0 Å². The van der Waals surface area contributed by atoms with Crippen LogP contribution in [0.25, 0.3) is 0 Å². The van der Waals surface area contributed by atoms with Gasteiger partial charge in [0.1, 0.15) is 5.82 Å². The van der Waals surface area contributed by atoms with Crippen LogP contribution in [0.3, 0.4) is 0 Å². The fourth-order valence-electron chi connectivity index (χ4n) is 2.24. The largest absolute Gasteiger partial charge is 0.378 e. The second-order valence-corrected chi connectivity index (χ2v) is 5.23. The number of carbonyl (C=O) groups is 1. The smallest absolute Gasteiger partial charge is 0.222 e.